The Labute approximate surface area is 118 Å². The molecule has 0 atom stereocenters. The van der Waals surface area contributed by atoms with Crippen molar-refractivity contribution in [3.05, 3.63) is 34.0 Å². The van der Waals surface area contributed by atoms with E-state index >= 15 is 0 Å². The number of thiazole rings is 1. The summed E-state index contributed by atoms with van der Waals surface area (Å²) in [6.45, 7) is 11.2. The highest BCUT2D eigenvalue weighted by molar-refractivity contribution is 7.09. The van der Waals surface area contributed by atoms with Gasteiger partial charge in [-0.25, -0.2) is 4.98 Å². The van der Waals surface area contributed by atoms with Crippen LogP contribution in [0.1, 0.15) is 44.1 Å². The molecule has 2 heterocycles. The van der Waals surface area contributed by atoms with Gasteiger partial charge in [-0.05, 0) is 12.6 Å². The van der Waals surface area contributed by atoms with Crippen molar-refractivity contribution in [2.45, 2.75) is 46.2 Å². The van der Waals surface area contributed by atoms with Gasteiger partial charge in [-0.3, -0.25) is 4.68 Å². The fraction of sp³-hybridized carbons (Fsp3) is 0.571. The molecule has 4 nitrogen and oxygen atoms in total. The van der Waals surface area contributed by atoms with E-state index in [-0.39, 0.29) is 5.41 Å². The zero-order chi connectivity index (χ0) is 13.9. The highest BCUT2D eigenvalue weighted by Gasteiger charge is 2.17. The quantitative estimate of drug-likeness (QED) is 0.914. The Hall–Kier alpha value is -1.20. The van der Waals surface area contributed by atoms with Gasteiger partial charge in [0.2, 0.25) is 0 Å². The summed E-state index contributed by atoms with van der Waals surface area (Å²) in [5.74, 6) is 0. The van der Waals surface area contributed by atoms with Crippen LogP contribution < -0.4 is 5.32 Å². The molecule has 0 fully saturated rings. The highest BCUT2D eigenvalue weighted by Crippen LogP contribution is 2.24. The fourth-order valence-electron chi connectivity index (χ4n) is 1.71. The second-order valence-electron chi connectivity index (χ2n) is 5.66. The maximum Gasteiger partial charge on any atom is 0.114 e. The minimum absolute atomic E-state index is 0.120. The Morgan fingerprint density at radius 2 is 2.16 bits per heavy atom. The normalized spacial score (nSPS) is 12.0. The number of nitrogens with zero attached hydrogens (tertiary/aromatic N) is 3. The van der Waals surface area contributed by atoms with E-state index in [2.05, 4.69) is 49.6 Å². The summed E-state index contributed by atoms with van der Waals surface area (Å²) in [6, 6.07) is 2.06. The first kappa shape index (κ1) is 14.2. The first-order valence-corrected chi connectivity index (χ1v) is 7.55. The Morgan fingerprint density at radius 3 is 2.79 bits per heavy atom. The van der Waals surface area contributed by atoms with Crippen LogP contribution in [0, 0.1) is 0 Å². The zero-order valence-corrected chi connectivity index (χ0v) is 12.9. The molecule has 104 valence electrons. The maximum atomic E-state index is 4.69. The van der Waals surface area contributed by atoms with Crippen LogP contribution in [0.25, 0.3) is 0 Å². The van der Waals surface area contributed by atoms with Crippen molar-refractivity contribution in [1.82, 2.24) is 20.1 Å². The average molecular weight is 278 g/mol. The van der Waals surface area contributed by atoms with Gasteiger partial charge in [0.05, 0.1) is 17.9 Å². The van der Waals surface area contributed by atoms with E-state index < -0.39 is 0 Å². The Kier molecular flexibility index (Phi) is 4.37. The minimum atomic E-state index is 0.120. The van der Waals surface area contributed by atoms with Crippen LogP contribution in [0.2, 0.25) is 0 Å². The third kappa shape index (κ3) is 3.88. The van der Waals surface area contributed by atoms with Gasteiger partial charge in [-0.2, -0.15) is 5.10 Å². The summed E-state index contributed by atoms with van der Waals surface area (Å²) < 4.78 is 1.96. The third-order valence-electron chi connectivity index (χ3n) is 2.87. The molecule has 2 aromatic heterocycles. The number of hydrogen-bond acceptors (Lipinski definition) is 4. The summed E-state index contributed by atoms with van der Waals surface area (Å²) in [4.78, 5) is 4.69. The number of aromatic nitrogens is 3. The Morgan fingerprint density at radius 1 is 1.37 bits per heavy atom. The predicted octanol–water partition coefficient (Wildman–Crippen LogP) is 2.79. The minimum Gasteiger partial charge on any atom is -0.311 e. The molecule has 0 saturated carbocycles. The fourth-order valence-corrected chi connectivity index (χ4v) is 2.72. The molecule has 0 bridgehead atoms. The van der Waals surface area contributed by atoms with E-state index in [4.69, 9.17) is 4.98 Å². The summed E-state index contributed by atoms with van der Waals surface area (Å²) in [5.41, 5.74) is 2.36. The van der Waals surface area contributed by atoms with Crippen LogP contribution in [0.15, 0.2) is 17.6 Å². The number of nitrogens with one attached hydrogen (secondary N) is 1. The molecule has 0 aliphatic carbocycles. The highest BCUT2D eigenvalue weighted by atomic mass is 32.1. The van der Waals surface area contributed by atoms with Crippen molar-refractivity contribution in [2.75, 3.05) is 6.54 Å². The second kappa shape index (κ2) is 5.84. The summed E-state index contributed by atoms with van der Waals surface area (Å²) in [5, 5.41) is 11.1. The van der Waals surface area contributed by atoms with Gasteiger partial charge in [0.1, 0.15) is 5.01 Å². The molecule has 19 heavy (non-hydrogen) atoms. The summed E-state index contributed by atoms with van der Waals surface area (Å²) in [7, 11) is 0. The molecule has 0 aliphatic rings. The molecule has 0 unspecified atom stereocenters. The van der Waals surface area contributed by atoms with Crippen molar-refractivity contribution in [3.8, 4) is 0 Å². The second-order valence-corrected chi connectivity index (χ2v) is 6.60. The third-order valence-corrected chi connectivity index (χ3v) is 3.70. The first-order chi connectivity index (χ1) is 8.99. The largest absolute Gasteiger partial charge is 0.311 e. The topological polar surface area (TPSA) is 42.7 Å². The molecule has 0 aromatic carbocycles. The van der Waals surface area contributed by atoms with Crippen molar-refractivity contribution in [1.29, 1.82) is 0 Å². The average Bonchev–Trinajstić information content (AvgIpc) is 2.95. The lowest BCUT2D eigenvalue weighted by Crippen LogP contribution is -2.13. The van der Waals surface area contributed by atoms with Gasteiger partial charge >= 0.3 is 0 Å². The number of hydrogen-bond donors (Lipinski definition) is 1. The maximum absolute atomic E-state index is 4.69. The molecule has 0 saturated heterocycles. The van der Waals surface area contributed by atoms with Crippen LogP contribution in [-0.4, -0.2) is 21.3 Å². The van der Waals surface area contributed by atoms with Gasteiger partial charge in [0.25, 0.3) is 0 Å². The zero-order valence-electron chi connectivity index (χ0n) is 12.1. The molecule has 2 rings (SSSR count). The first-order valence-electron chi connectivity index (χ1n) is 6.67. The molecule has 0 aliphatic heterocycles. The van der Waals surface area contributed by atoms with Crippen LogP contribution in [0.4, 0.5) is 0 Å². The van der Waals surface area contributed by atoms with Crippen LogP contribution >= 0.6 is 11.3 Å². The lowest BCUT2D eigenvalue weighted by molar-refractivity contribution is 0.567. The van der Waals surface area contributed by atoms with Crippen molar-refractivity contribution >= 4 is 11.3 Å². The van der Waals surface area contributed by atoms with Crippen LogP contribution in [-0.2, 0) is 18.5 Å². The summed E-state index contributed by atoms with van der Waals surface area (Å²) >= 11 is 1.71. The van der Waals surface area contributed by atoms with Crippen molar-refractivity contribution < 1.29 is 0 Å². The molecular weight excluding hydrogens is 256 g/mol. The standard InChI is InChI=1S/C14H22N4S/c1-5-15-8-11-6-7-18(17-11)9-13-16-12(10-19-13)14(2,3)4/h6-7,10,15H,5,8-9H2,1-4H3. The van der Waals surface area contributed by atoms with Crippen molar-refractivity contribution in [2.24, 2.45) is 0 Å². The molecule has 2 aromatic rings. The molecule has 5 heteroatoms. The lowest BCUT2D eigenvalue weighted by Gasteiger charge is -2.14. The lowest BCUT2D eigenvalue weighted by atomic mass is 9.93. The Balaban J connectivity index is 2.01. The molecular formula is C14H22N4S. The van der Waals surface area contributed by atoms with Gasteiger partial charge < -0.3 is 5.32 Å². The van der Waals surface area contributed by atoms with Crippen molar-refractivity contribution in [3.63, 3.8) is 0 Å². The van der Waals surface area contributed by atoms with E-state index in [1.165, 1.54) is 0 Å². The van der Waals surface area contributed by atoms with E-state index in [0.29, 0.717) is 0 Å². The SMILES string of the molecule is CCNCc1ccn(Cc2nc(C(C)(C)C)cs2)n1. The Bertz CT molecular complexity index is 522. The molecule has 1 N–H and O–H groups in total. The van der Waals surface area contributed by atoms with E-state index in [1.807, 2.05) is 10.9 Å². The smallest absolute Gasteiger partial charge is 0.114 e. The summed E-state index contributed by atoms with van der Waals surface area (Å²) in [6.07, 6.45) is 2.02. The predicted molar refractivity (Wildman–Crippen MR) is 79.5 cm³/mol. The molecule has 0 amide bonds. The van der Waals surface area contributed by atoms with Gasteiger partial charge in [-0.1, -0.05) is 27.7 Å². The van der Waals surface area contributed by atoms with Gasteiger partial charge in [0.15, 0.2) is 0 Å². The van der Waals surface area contributed by atoms with E-state index in [1.54, 1.807) is 11.3 Å². The van der Waals surface area contributed by atoms with Crippen LogP contribution in [0.5, 0.6) is 0 Å². The molecule has 0 radical (unpaired) electrons. The molecule has 0 spiro atoms. The van der Waals surface area contributed by atoms with Gasteiger partial charge in [-0.15, -0.1) is 11.3 Å². The van der Waals surface area contributed by atoms with Crippen LogP contribution in [0.3, 0.4) is 0 Å². The number of rotatable bonds is 5. The van der Waals surface area contributed by atoms with E-state index in [0.717, 1.165) is 36.0 Å². The van der Waals surface area contributed by atoms with E-state index in [9.17, 15) is 0 Å². The van der Waals surface area contributed by atoms with Gasteiger partial charge in [0, 0.05) is 23.5 Å². The monoisotopic (exact) mass is 278 g/mol.